The van der Waals surface area contributed by atoms with Crippen LogP contribution in [0.15, 0.2) is 24.3 Å². The Kier molecular flexibility index (Phi) is 8.59. The van der Waals surface area contributed by atoms with Crippen molar-refractivity contribution in [3.05, 3.63) is 68.0 Å². The van der Waals surface area contributed by atoms with Crippen molar-refractivity contribution in [1.29, 1.82) is 0 Å². The zero-order valence-corrected chi connectivity index (χ0v) is 21.5. The van der Waals surface area contributed by atoms with Crippen molar-refractivity contribution >= 4 is 40.9 Å². The van der Waals surface area contributed by atoms with Crippen molar-refractivity contribution in [2.75, 3.05) is 4.90 Å². The zero-order valence-electron chi connectivity index (χ0n) is 20.8. The Morgan fingerprint density at radius 3 is 1.92 bits per heavy atom. The number of non-ortho nitro benzene ring substituents is 1. The van der Waals surface area contributed by atoms with E-state index >= 15 is 4.39 Å². The minimum Gasteiger partial charge on any atom is -0.443 e. The number of imide groups is 1. The number of carbonyl (C=O) groups is 3. The van der Waals surface area contributed by atoms with Crippen LogP contribution in [0.1, 0.15) is 57.5 Å². The molecule has 0 heterocycles. The summed E-state index contributed by atoms with van der Waals surface area (Å²) in [5, 5.41) is 10.3. The van der Waals surface area contributed by atoms with Gasteiger partial charge in [0.2, 0.25) is 0 Å². The first kappa shape index (κ1) is 29.6. The van der Waals surface area contributed by atoms with Gasteiger partial charge in [0.1, 0.15) is 22.7 Å². The number of nitrogens with zero attached hydrogens (tertiary/aromatic N) is 2. The summed E-state index contributed by atoms with van der Waals surface area (Å²) in [5.41, 5.74) is -5.42. The fraction of sp³-hybridized carbons (Fsp3) is 0.375. The molecular formula is C24H24ClF3N2O7. The maximum atomic E-state index is 15.6. The van der Waals surface area contributed by atoms with Crippen LogP contribution < -0.4 is 4.90 Å². The first-order chi connectivity index (χ1) is 16.8. The summed E-state index contributed by atoms with van der Waals surface area (Å²) >= 11 is 5.78. The molecule has 0 unspecified atom stereocenters. The van der Waals surface area contributed by atoms with Gasteiger partial charge in [0.05, 0.1) is 16.0 Å². The van der Waals surface area contributed by atoms with Crippen molar-refractivity contribution < 1.29 is 42.0 Å². The second kappa shape index (κ2) is 10.8. The van der Waals surface area contributed by atoms with Gasteiger partial charge in [-0.05, 0) is 53.2 Å². The normalized spacial score (nSPS) is 11.6. The van der Waals surface area contributed by atoms with Gasteiger partial charge in [0, 0.05) is 18.1 Å². The Morgan fingerprint density at radius 2 is 1.46 bits per heavy atom. The number of halogens is 4. The van der Waals surface area contributed by atoms with Crippen molar-refractivity contribution in [3.63, 3.8) is 0 Å². The summed E-state index contributed by atoms with van der Waals surface area (Å²) < 4.78 is 54.7. The van der Waals surface area contributed by atoms with Gasteiger partial charge >= 0.3 is 12.2 Å². The molecule has 0 N–H and O–H groups in total. The summed E-state index contributed by atoms with van der Waals surface area (Å²) in [7, 11) is 0. The molecule has 13 heteroatoms. The van der Waals surface area contributed by atoms with E-state index in [0.717, 1.165) is 6.07 Å². The van der Waals surface area contributed by atoms with Crippen LogP contribution in [0.2, 0.25) is 5.02 Å². The summed E-state index contributed by atoms with van der Waals surface area (Å²) in [6.07, 6.45) is -3.78. The van der Waals surface area contributed by atoms with Crippen LogP contribution in [0.5, 0.6) is 0 Å². The molecule has 0 radical (unpaired) electrons. The number of nitro benzene ring substituents is 1. The van der Waals surface area contributed by atoms with Crippen molar-refractivity contribution in [1.82, 2.24) is 0 Å². The number of amides is 2. The zero-order chi connectivity index (χ0) is 28.5. The van der Waals surface area contributed by atoms with Crippen LogP contribution in [-0.4, -0.2) is 34.1 Å². The Balaban J connectivity index is 2.60. The lowest BCUT2D eigenvalue weighted by Gasteiger charge is -2.29. The molecule has 0 atom stereocenters. The summed E-state index contributed by atoms with van der Waals surface area (Å²) in [5.74, 6) is -5.15. The largest absolute Gasteiger partial charge is 0.443 e. The lowest BCUT2D eigenvalue weighted by atomic mass is 10.0. The molecule has 0 aliphatic heterocycles. The molecule has 2 amide bonds. The molecule has 0 spiro atoms. The first-order valence-corrected chi connectivity index (χ1v) is 11.1. The molecule has 0 bridgehead atoms. The fourth-order valence-corrected chi connectivity index (χ4v) is 3.16. The van der Waals surface area contributed by atoms with Gasteiger partial charge in [-0.3, -0.25) is 14.9 Å². The highest BCUT2D eigenvalue weighted by molar-refractivity contribution is 6.34. The predicted molar refractivity (Wildman–Crippen MR) is 127 cm³/mol. The quantitative estimate of drug-likeness (QED) is 0.232. The monoisotopic (exact) mass is 544 g/mol. The second-order valence-corrected chi connectivity index (χ2v) is 10.2. The molecule has 0 aliphatic carbocycles. The molecule has 2 aromatic carbocycles. The Bertz CT molecular complexity index is 1240. The molecule has 0 aliphatic rings. The smallest absolute Gasteiger partial charge is 0.424 e. The molecular weight excluding hydrogens is 521 g/mol. The third-order valence-electron chi connectivity index (χ3n) is 4.40. The maximum absolute atomic E-state index is 15.6. The third kappa shape index (κ3) is 7.42. The maximum Gasteiger partial charge on any atom is 0.424 e. The van der Waals surface area contributed by atoms with E-state index in [0.29, 0.717) is 18.2 Å². The van der Waals surface area contributed by atoms with Crippen LogP contribution >= 0.6 is 11.6 Å². The molecule has 9 nitrogen and oxygen atoms in total. The number of hydrogen-bond acceptors (Lipinski definition) is 7. The Labute approximate surface area is 215 Å². The summed E-state index contributed by atoms with van der Waals surface area (Å²) in [6, 6.07) is 2.77. The minimum absolute atomic E-state index is 0.0230. The van der Waals surface area contributed by atoms with Gasteiger partial charge in [-0.2, -0.15) is 4.90 Å². The molecule has 0 saturated carbocycles. The van der Waals surface area contributed by atoms with Crippen molar-refractivity contribution in [2.24, 2.45) is 0 Å². The average molecular weight is 545 g/mol. The van der Waals surface area contributed by atoms with E-state index in [1.54, 1.807) is 0 Å². The molecule has 37 heavy (non-hydrogen) atoms. The molecule has 0 saturated heterocycles. The Morgan fingerprint density at radius 1 is 0.946 bits per heavy atom. The number of nitro groups is 1. The van der Waals surface area contributed by atoms with E-state index < -0.39 is 85.5 Å². The molecule has 2 rings (SSSR count). The van der Waals surface area contributed by atoms with Gasteiger partial charge in [-0.1, -0.05) is 17.7 Å². The number of ketones is 1. The molecule has 0 aromatic heterocycles. The highest BCUT2D eigenvalue weighted by Gasteiger charge is 2.37. The van der Waals surface area contributed by atoms with E-state index in [1.807, 2.05) is 0 Å². The lowest BCUT2D eigenvalue weighted by molar-refractivity contribution is -0.385. The van der Waals surface area contributed by atoms with E-state index in [-0.39, 0.29) is 4.90 Å². The van der Waals surface area contributed by atoms with Crippen molar-refractivity contribution in [3.8, 4) is 0 Å². The van der Waals surface area contributed by atoms with Crippen LogP contribution in [0, 0.1) is 27.6 Å². The predicted octanol–water partition coefficient (Wildman–Crippen LogP) is 6.77. The number of hydrogen-bond donors (Lipinski definition) is 0. The topological polar surface area (TPSA) is 116 Å². The number of rotatable bonds is 5. The van der Waals surface area contributed by atoms with Gasteiger partial charge in [-0.25, -0.2) is 22.8 Å². The van der Waals surface area contributed by atoms with Gasteiger partial charge in [0.15, 0.2) is 17.4 Å². The van der Waals surface area contributed by atoms with Gasteiger partial charge < -0.3 is 9.47 Å². The number of anilines is 1. The van der Waals surface area contributed by atoms with E-state index in [4.69, 9.17) is 21.1 Å². The third-order valence-corrected chi connectivity index (χ3v) is 4.78. The molecule has 0 fully saturated rings. The minimum atomic E-state index is -1.49. The van der Waals surface area contributed by atoms with Crippen LogP contribution in [0.25, 0.3) is 0 Å². The average Bonchev–Trinajstić information content (AvgIpc) is 2.71. The highest BCUT2D eigenvalue weighted by atomic mass is 35.5. The van der Waals surface area contributed by atoms with Gasteiger partial charge in [0.25, 0.3) is 5.69 Å². The second-order valence-electron chi connectivity index (χ2n) is 9.81. The molecule has 2 aromatic rings. The van der Waals surface area contributed by atoms with Gasteiger partial charge in [-0.15, -0.1) is 0 Å². The highest BCUT2D eigenvalue weighted by Crippen LogP contribution is 2.32. The van der Waals surface area contributed by atoms with Crippen LogP contribution in [0.4, 0.5) is 34.1 Å². The molecule has 200 valence electrons. The Hall–Kier alpha value is -3.67. The van der Waals surface area contributed by atoms with Crippen LogP contribution in [-0.2, 0) is 15.9 Å². The first-order valence-electron chi connectivity index (χ1n) is 10.7. The number of ether oxygens (including phenoxy) is 2. The number of benzene rings is 2. The summed E-state index contributed by atoms with van der Waals surface area (Å²) in [6.45, 7) is 8.76. The standard InChI is InChI=1S/C24H24ClF3N2O7/c1-23(2,3)36-21(32)29(22(33)37-24(4,5)6)20-15(26)8-7-12(19(20)28)9-17(31)14-10-13(30(34)35)11-16(27)18(14)25/h7-8,10-11H,9H2,1-6H3. The van der Waals surface area contributed by atoms with E-state index in [2.05, 4.69) is 0 Å². The van der Waals surface area contributed by atoms with Crippen LogP contribution in [0.3, 0.4) is 0 Å². The van der Waals surface area contributed by atoms with Crippen molar-refractivity contribution in [2.45, 2.75) is 59.2 Å². The summed E-state index contributed by atoms with van der Waals surface area (Å²) in [4.78, 5) is 48.5. The fourth-order valence-electron chi connectivity index (χ4n) is 2.95. The lowest BCUT2D eigenvalue weighted by Crippen LogP contribution is -2.44. The number of carbonyl (C=O) groups excluding carboxylic acids is 3. The number of Topliss-reactive ketones (excluding diaryl/α,β-unsaturated/α-hetero) is 1. The SMILES string of the molecule is CC(C)(C)OC(=O)N(C(=O)OC(C)(C)C)c1c(F)ccc(CC(=O)c2cc([N+](=O)[O-])cc(F)c2Cl)c1F. The van der Waals surface area contributed by atoms with E-state index in [1.165, 1.54) is 41.5 Å². The van der Waals surface area contributed by atoms with E-state index in [9.17, 15) is 33.3 Å².